The molecule has 6 N–H and O–H groups in total. The van der Waals surface area contributed by atoms with E-state index in [4.69, 9.17) is 30.6 Å². The Morgan fingerprint density at radius 2 is 0.913 bits per heavy atom. The molecule has 0 radical (unpaired) electrons. The van der Waals surface area contributed by atoms with Crippen LogP contribution in [0.4, 0.5) is 0 Å². The Bertz CT molecular complexity index is 348. The molecule has 9 heteroatoms. The van der Waals surface area contributed by atoms with E-state index in [1.807, 2.05) is 0 Å². The van der Waals surface area contributed by atoms with Crippen molar-refractivity contribution in [2.24, 2.45) is 0 Å². The molecule has 0 heterocycles. The molecule has 0 atom stereocenters. The summed E-state index contributed by atoms with van der Waals surface area (Å²) < 4.78 is 0. The third-order valence-corrected chi connectivity index (χ3v) is 1.31. The minimum atomic E-state index is -0.981. The molecule has 0 saturated heterocycles. The van der Waals surface area contributed by atoms with Gasteiger partial charge in [0.05, 0.1) is 19.8 Å². The molecule has 23 heavy (non-hydrogen) atoms. The Labute approximate surface area is 133 Å². The molecule has 0 spiro atoms. The van der Waals surface area contributed by atoms with Crippen LogP contribution in [0.3, 0.4) is 0 Å². The molecule has 0 aromatic carbocycles. The van der Waals surface area contributed by atoms with Gasteiger partial charge in [-0.2, -0.15) is 0 Å². The molecule has 0 aromatic rings. The molecule has 0 unspecified atom stereocenters. The van der Waals surface area contributed by atoms with Gasteiger partial charge < -0.3 is 30.6 Å². The topological polar surface area (TPSA) is 173 Å². The third-order valence-electron chi connectivity index (χ3n) is 1.31. The lowest BCUT2D eigenvalue weighted by atomic mass is 10.3. The highest BCUT2D eigenvalue weighted by molar-refractivity contribution is 5.79. The van der Waals surface area contributed by atoms with Crippen LogP contribution in [0.15, 0.2) is 49.6 Å². The van der Waals surface area contributed by atoms with Crippen LogP contribution in [0.2, 0.25) is 0 Å². The highest BCUT2D eigenvalue weighted by Gasteiger charge is 1.87. The molecular formula is C14H22O9. The number of hydrogen-bond acceptors (Lipinski definition) is 6. The first-order chi connectivity index (χ1) is 10.7. The zero-order valence-electron chi connectivity index (χ0n) is 12.5. The van der Waals surface area contributed by atoms with Crippen molar-refractivity contribution in [1.29, 1.82) is 0 Å². The predicted octanol–water partition coefficient (Wildman–Crippen LogP) is -0.339. The summed E-state index contributed by atoms with van der Waals surface area (Å²) in [6.07, 6.45) is 3.88. The van der Waals surface area contributed by atoms with Gasteiger partial charge in [-0.1, -0.05) is 25.8 Å². The standard InChI is InChI=1S/C5H10O3.3C3H4O2/c6-2-1-5(3-7)4-8;3*1-2-3(4)5/h1,6-8H,2-4H2;3*2H,1H2,(H,4,5). The summed E-state index contributed by atoms with van der Waals surface area (Å²) in [6, 6.07) is 0. The fourth-order valence-corrected chi connectivity index (χ4v) is 0.308. The summed E-state index contributed by atoms with van der Waals surface area (Å²) >= 11 is 0. The lowest BCUT2D eigenvalue weighted by Crippen LogP contribution is -1.96. The number of carboxylic acids is 3. The number of carbonyl (C=O) groups is 3. The van der Waals surface area contributed by atoms with E-state index in [-0.39, 0.29) is 19.8 Å². The first-order valence-corrected chi connectivity index (χ1v) is 5.73. The maximum Gasteiger partial charge on any atom is 0.327 e. The van der Waals surface area contributed by atoms with Crippen molar-refractivity contribution in [1.82, 2.24) is 0 Å². The van der Waals surface area contributed by atoms with Crippen LogP contribution in [0.5, 0.6) is 0 Å². The van der Waals surface area contributed by atoms with E-state index in [1.165, 1.54) is 6.08 Å². The Hall–Kier alpha value is -2.75. The smallest absolute Gasteiger partial charge is 0.327 e. The van der Waals surface area contributed by atoms with Gasteiger partial charge in [-0.25, -0.2) is 14.4 Å². The van der Waals surface area contributed by atoms with E-state index in [0.29, 0.717) is 5.57 Å². The number of aliphatic hydroxyl groups is 3. The Morgan fingerprint density at radius 1 is 0.696 bits per heavy atom. The maximum atomic E-state index is 9.25. The highest BCUT2D eigenvalue weighted by Crippen LogP contribution is 1.87. The van der Waals surface area contributed by atoms with Gasteiger partial charge in [0.15, 0.2) is 0 Å². The number of hydrogen-bond donors (Lipinski definition) is 6. The van der Waals surface area contributed by atoms with Crippen LogP contribution in [-0.4, -0.2) is 68.4 Å². The zero-order chi connectivity index (χ0) is 19.3. The van der Waals surface area contributed by atoms with Gasteiger partial charge >= 0.3 is 17.9 Å². The molecule has 0 aromatic heterocycles. The summed E-state index contributed by atoms with van der Waals surface area (Å²) in [5.74, 6) is -2.94. The van der Waals surface area contributed by atoms with Gasteiger partial charge in [0.2, 0.25) is 0 Å². The second-order valence-corrected chi connectivity index (χ2v) is 2.99. The third kappa shape index (κ3) is 54.5. The molecule has 0 aliphatic heterocycles. The van der Waals surface area contributed by atoms with Crippen LogP contribution in [-0.2, 0) is 14.4 Å². The highest BCUT2D eigenvalue weighted by atomic mass is 16.4. The minimum absolute atomic E-state index is 0.129. The number of rotatable bonds is 6. The quantitative estimate of drug-likeness (QED) is 0.280. The van der Waals surface area contributed by atoms with Crippen molar-refractivity contribution >= 4 is 17.9 Å². The molecule has 0 aliphatic carbocycles. The van der Waals surface area contributed by atoms with Crippen LogP contribution < -0.4 is 0 Å². The molecule has 0 rings (SSSR count). The van der Waals surface area contributed by atoms with Crippen molar-refractivity contribution in [3.8, 4) is 0 Å². The lowest BCUT2D eigenvalue weighted by molar-refractivity contribution is -0.132. The van der Waals surface area contributed by atoms with E-state index in [9.17, 15) is 14.4 Å². The summed E-state index contributed by atoms with van der Waals surface area (Å²) in [5, 5.41) is 47.6. The maximum absolute atomic E-state index is 9.25. The predicted molar refractivity (Wildman–Crippen MR) is 82.8 cm³/mol. The van der Waals surface area contributed by atoms with Crippen molar-refractivity contribution in [2.45, 2.75) is 0 Å². The van der Waals surface area contributed by atoms with Crippen molar-refractivity contribution in [3.63, 3.8) is 0 Å². The van der Waals surface area contributed by atoms with Crippen molar-refractivity contribution in [2.75, 3.05) is 19.8 Å². The average molecular weight is 334 g/mol. The fraction of sp³-hybridized carbons (Fsp3) is 0.214. The average Bonchev–Trinajstić information content (AvgIpc) is 2.54. The monoisotopic (exact) mass is 334 g/mol. The first-order valence-electron chi connectivity index (χ1n) is 5.73. The number of aliphatic carboxylic acids is 3. The van der Waals surface area contributed by atoms with Gasteiger partial charge in [0, 0.05) is 18.2 Å². The largest absolute Gasteiger partial charge is 0.478 e. The van der Waals surface area contributed by atoms with E-state index >= 15 is 0 Å². The van der Waals surface area contributed by atoms with E-state index < -0.39 is 17.9 Å². The van der Waals surface area contributed by atoms with Crippen LogP contribution in [0.25, 0.3) is 0 Å². The van der Waals surface area contributed by atoms with Crippen LogP contribution in [0.1, 0.15) is 0 Å². The molecule has 0 saturated carbocycles. The van der Waals surface area contributed by atoms with Gasteiger partial charge in [-0.15, -0.1) is 0 Å². The summed E-state index contributed by atoms with van der Waals surface area (Å²) in [5.41, 5.74) is 0.451. The minimum Gasteiger partial charge on any atom is -0.478 e. The summed E-state index contributed by atoms with van der Waals surface area (Å²) in [7, 11) is 0. The number of carboxylic acid groups (broad SMARTS) is 3. The normalized spacial score (nSPS) is 7.26. The van der Waals surface area contributed by atoms with Crippen LogP contribution >= 0.6 is 0 Å². The van der Waals surface area contributed by atoms with Crippen LogP contribution in [0, 0.1) is 0 Å². The second kappa shape index (κ2) is 24.3. The Morgan fingerprint density at radius 3 is 0.957 bits per heavy atom. The zero-order valence-corrected chi connectivity index (χ0v) is 12.5. The second-order valence-electron chi connectivity index (χ2n) is 2.99. The molecule has 0 fully saturated rings. The van der Waals surface area contributed by atoms with Gasteiger partial charge in [0.1, 0.15) is 0 Å². The van der Waals surface area contributed by atoms with Crippen molar-refractivity contribution < 1.29 is 45.0 Å². The summed E-state index contributed by atoms with van der Waals surface area (Å²) in [4.78, 5) is 27.8. The number of aliphatic hydroxyl groups excluding tert-OH is 3. The van der Waals surface area contributed by atoms with Gasteiger partial charge in [0.25, 0.3) is 0 Å². The molecule has 9 nitrogen and oxygen atoms in total. The molecule has 0 aliphatic rings. The fourth-order valence-electron chi connectivity index (χ4n) is 0.308. The molecule has 0 bridgehead atoms. The van der Waals surface area contributed by atoms with Gasteiger partial charge in [-0.05, 0) is 5.57 Å². The van der Waals surface area contributed by atoms with Crippen molar-refractivity contribution in [3.05, 3.63) is 49.6 Å². The lowest BCUT2D eigenvalue weighted by Gasteiger charge is -1.94. The SMILES string of the molecule is C=CC(=O)O.C=CC(=O)O.C=CC(=O)O.OCC=C(CO)CO. The Kier molecular flexibility index (Phi) is 30.0. The van der Waals surface area contributed by atoms with Gasteiger partial charge in [-0.3, -0.25) is 0 Å². The van der Waals surface area contributed by atoms with E-state index in [1.54, 1.807) is 0 Å². The van der Waals surface area contributed by atoms with E-state index in [2.05, 4.69) is 19.7 Å². The molecule has 0 amide bonds. The molecular weight excluding hydrogens is 312 g/mol. The molecule has 132 valence electrons. The van der Waals surface area contributed by atoms with E-state index in [0.717, 1.165) is 18.2 Å². The summed E-state index contributed by atoms with van der Waals surface area (Å²) in [6.45, 7) is 8.39. The Balaban J connectivity index is -0.000000108. The first kappa shape index (κ1) is 28.4.